The zero-order valence-corrected chi connectivity index (χ0v) is 14.0. The van der Waals surface area contributed by atoms with Gasteiger partial charge in [-0.1, -0.05) is 58.1 Å². The van der Waals surface area contributed by atoms with Crippen LogP contribution in [-0.2, 0) is 4.79 Å². The minimum atomic E-state index is -0.390. The molecule has 1 saturated heterocycles. The Morgan fingerprint density at radius 3 is 2.43 bits per heavy atom. The molecule has 0 unspecified atom stereocenters. The summed E-state index contributed by atoms with van der Waals surface area (Å²) < 4.78 is 1.57. The molecule has 1 fully saturated rings. The summed E-state index contributed by atoms with van der Waals surface area (Å²) in [6.07, 6.45) is 0. The first kappa shape index (κ1) is 14.6. The normalized spacial score (nSPS) is 18.1. The van der Waals surface area contributed by atoms with Crippen LogP contribution in [0.3, 0.4) is 0 Å². The highest BCUT2D eigenvalue weighted by Gasteiger charge is 2.37. The van der Waals surface area contributed by atoms with Gasteiger partial charge in [0.15, 0.2) is 5.37 Å². The Morgan fingerprint density at radius 2 is 1.76 bits per heavy atom. The molecule has 1 N–H and O–H groups in total. The van der Waals surface area contributed by atoms with Gasteiger partial charge in [-0.25, -0.2) is 0 Å². The lowest BCUT2D eigenvalue weighted by molar-refractivity contribution is -0.116. The topological polar surface area (TPSA) is 32.3 Å². The molecule has 1 aliphatic heterocycles. The van der Waals surface area contributed by atoms with Crippen molar-refractivity contribution in [2.24, 2.45) is 0 Å². The molecule has 0 aromatic heterocycles. The molecule has 106 valence electrons. The smallest absolute Gasteiger partial charge is 0.266 e. The lowest BCUT2D eigenvalue weighted by Gasteiger charge is -2.16. The number of nitrogens with one attached hydrogen (secondary N) is 1. The van der Waals surface area contributed by atoms with Crippen LogP contribution in [0, 0.1) is 0 Å². The van der Waals surface area contributed by atoms with Crippen LogP contribution < -0.4 is 10.2 Å². The fourth-order valence-corrected chi connectivity index (χ4v) is 3.66. The molecule has 2 aromatic rings. The maximum absolute atomic E-state index is 12.5. The van der Waals surface area contributed by atoms with E-state index in [1.165, 1.54) is 11.8 Å². The van der Waals surface area contributed by atoms with Crippen LogP contribution in [0.15, 0.2) is 59.1 Å². The van der Waals surface area contributed by atoms with Crippen molar-refractivity contribution in [1.29, 1.82) is 0 Å². The summed E-state index contributed by atoms with van der Waals surface area (Å²) in [4.78, 5) is 14.1. The Kier molecular flexibility index (Phi) is 4.28. The highest BCUT2D eigenvalue weighted by Crippen LogP contribution is 2.32. The first-order chi connectivity index (χ1) is 10.1. The molecular weight excluding hydrogens is 368 g/mol. The number of thioether (sulfide) groups is 1. The van der Waals surface area contributed by atoms with Crippen LogP contribution >= 0.6 is 39.9 Å². The van der Waals surface area contributed by atoms with Gasteiger partial charge in [0.1, 0.15) is 4.32 Å². The Bertz CT molecular complexity index is 676. The zero-order valence-electron chi connectivity index (χ0n) is 10.8. The first-order valence-corrected chi connectivity index (χ1v) is 8.35. The molecule has 1 amide bonds. The molecular formula is C15H11BrN2OS2. The lowest BCUT2D eigenvalue weighted by Crippen LogP contribution is -2.34. The number of hydrogen-bond donors (Lipinski definition) is 1. The van der Waals surface area contributed by atoms with E-state index in [2.05, 4.69) is 21.2 Å². The Balaban J connectivity index is 1.79. The predicted octanol–water partition coefficient (Wildman–Crippen LogP) is 4.25. The average molecular weight is 379 g/mol. The molecule has 0 radical (unpaired) electrons. The molecule has 0 aliphatic carbocycles. The van der Waals surface area contributed by atoms with E-state index in [1.807, 2.05) is 54.6 Å². The van der Waals surface area contributed by atoms with Crippen LogP contribution in [0.1, 0.15) is 0 Å². The number of carbonyl (C=O) groups is 1. The number of anilines is 2. The number of benzene rings is 2. The van der Waals surface area contributed by atoms with Crippen molar-refractivity contribution in [3.63, 3.8) is 0 Å². The number of carbonyl (C=O) groups excluding carboxylic acids is 1. The second kappa shape index (κ2) is 6.17. The van der Waals surface area contributed by atoms with Crippen LogP contribution in [0.5, 0.6) is 0 Å². The van der Waals surface area contributed by atoms with Gasteiger partial charge in [0.25, 0.3) is 5.91 Å². The summed E-state index contributed by atoms with van der Waals surface area (Å²) >= 11 is 10.1. The summed E-state index contributed by atoms with van der Waals surface area (Å²) in [6, 6.07) is 17.2. The van der Waals surface area contributed by atoms with Crippen molar-refractivity contribution in [3.05, 3.63) is 59.1 Å². The minimum absolute atomic E-state index is 0.0425. The zero-order chi connectivity index (χ0) is 14.8. The molecule has 0 saturated carbocycles. The average Bonchev–Trinajstić information content (AvgIpc) is 2.77. The van der Waals surface area contributed by atoms with Crippen LogP contribution in [0.4, 0.5) is 11.4 Å². The summed E-state index contributed by atoms with van der Waals surface area (Å²) in [5.74, 6) is -0.0425. The fraction of sp³-hybridized carbons (Fsp3) is 0.0667. The minimum Gasteiger partial charge on any atom is -0.365 e. The van der Waals surface area contributed by atoms with E-state index in [1.54, 1.807) is 4.90 Å². The number of amides is 1. The number of hydrogen-bond acceptors (Lipinski definition) is 4. The number of para-hydroxylation sites is 1. The first-order valence-electron chi connectivity index (χ1n) is 6.27. The molecule has 1 heterocycles. The van der Waals surface area contributed by atoms with Crippen molar-refractivity contribution >= 4 is 61.5 Å². The van der Waals surface area contributed by atoms with E-state index in [4.69, 9.17) is 12.2 Å². The molecule has 0 bridgehead atoms. The number of nitrogens with zero attached hydrogens (tertiary/aromatic N) is 1. The maximum Gasteiger partial charge on any atom is 0.266 e. The largest absolute Gasteiger partial charge is 0.365 e. The van der Waals surface area contributed by atoms with E-state index < -0.39 is 0 Å². The van der Waals surface area contributed by atoms with Crippen molar-refractivity contribution in [1.82, 2.24) is 0 Å². The van der Waals surface area contributed by atoms with Gasteiger partial charge in [-0.2, -0.15) is 0 Å². The molecule has 0 spiro atoms. The Labute approximate surface area is 140 Å². The molecule has 1 atom stereocenters. The second-order valence-corrected chi connectivity index (χ2v) is 7.08. The molecule has 21 heavy (non-hydrogen) atoms. The predicted molar refractivity (Wildman–Crippen MR) is 95.7 cm³/mol. The summed E-state index contributed by atoms with van der Waals surface area (Å²) in [5, 5.41) is 2.82. The van der Waals surface area contributed by atoms with Gasteiger partial charge < -0.3 is 5.32 Å². The van der Waals surface area contributed by atoms with Crippen molar-refractivity contribution in [3.8, 4) is 0 Å². The van der Waals surface area contributed by atoms with E-state index in [0.29, 0.717) is 4.32 Å². The highest BCUT2D eigenvalue weighted by atomic mass is 79.9. The Morgan fingerprint density at radius 1 is 1.10 bits per heavy atom. The van der Waals surface area contributed by atoms with Crippen LogP contribution in [0.2, 0.25) is 0 Å². The Hall–Kier alpha value is -1.37. The maximum atomic E-state index is 12.5. The van der Waals surface area contributed by atoms with Gasteiger partial charge in [-0.05, 0) is 36.4 Å². The molecule has 3 rings (SSSR count). The van der Waals surface area contributed by atoms with Gasteiger partial charge >= 0.3 is 0 Å². The van der Waals surface area contributed by atoms with Crippen LogP contribution in [0.25, 0.3) is 0 Å². The number of thiocarbonyl (C=S) groups is 1. The third-order valence-electron chi connectivity index (χ3n) is 3.00. The summed E-state index contributed by atoms with van der Waals surface area (Å²) in [6.45, 7) is 0. The van der Waals surface area contributed by atoms with Gasteiger partial charge in [0.2, 0.25) is 0 Å². The van der Waals surface area contributed by atoms with Gasteiger partial charge in [0.05, 0.1) is 5.69 Å². The molecule has 3 nitrogen and oxygen atoms in total. The number of rotatable bonds is 3. The van der Waals surface area contributed by atoms with E-state index in [-0.39, 0.29) is 11.3 Å². The summed E-state index contributed by atoms with van der Waals surface area (Å²) in [7, 11) is 0. The fourth-order valence-electron chi connectivity index (χ4n) is 2.01. The third-order valence-corrected chi connectivity index (χ3v) is 4.94. The van der Waals surface area contributed by atoms with Crippen LogP contribution in [-0.4, -0.2) is 15.6 Å². The third kappa shape index (κ3) is 3.12. The van der Waals surface area contributed by atoms with Gasteiger partial charge in [-0.15, -0.1) is 0 Å². The second-order valence-electron chi connectivity index (χ2n) is 4.42. The molecule has 2 aromatic carbocycles. The molecule has 6 heteroatoms. The van der Waals surface area contributed by atoms with E-state index in [0.717, 1.165) is 15.8 Å². The standard InChI is InChI=1S/C15H11BrN2OS2/c16-10-6-8-11(9-7-10)17-13-14(19)18(15(20)21-13)12-4-2-1-3-5-12/h1-9,13,17H/t13-/m1/s1. The van der Waals surface area contributed by atoms with Crippen molar-refractivity contribution in [2.75, 3.05) is 10.2 Å². The monoisotopic (exact) mass is 378 g/mol. The summed E-state index contributed by atoms with van der Waals surface area (Å²) in [5.41, 5.74) is 1.70. The highest BCUT2D eigenvalue weighted by molar-refractivity contribution is 9.10. The van der Waals surface area contributed by atoms with Crippen molar-refractivity contribution in [2.45, 2.75) is 5.37 Å². The van der Waals surface area contributed by atoms with Crippen molar-refractivity contribution < 1.29 is 4.79 Å². The lowest BCUT2D eigenvalue weighted by atomic mass is 10.3. The quantitative estimate of drug-likeness (QED) is 0.809. The van der Waals surface area contributed by atoms with Gasteiger partial charge in [0, 0.05) is 10.2 Å². The van der Waals surface area contributed by atoms with E-state index >= 15 is 0 Å². The van der Waals surface area contributed by atoms with Gasteiger partial charge in [-0.3, -0.25) is 9.69 Å². The number of halogens is 1. The molecule has 1 aliphatic rings. The SMILES string of the molecule is O=C1[C@H](Nc2ccc(Br)cc2)SC(=S)N1c1ccccc1. The van der Waals surface area contributed by atoms with E-state index in [9.17, 15) is 4.79 Å².